The Bertz CT molecular complexity index is 688. The monoisotopic (exact) mass is 372 g/mol. The molecule has 0 heterocycles. The Morgan fingerprint density at radius 2 is 1.95 bits per heavy atom. The molecule has 0 aliphatic rings. The van der Waals surface area contributed by atoms with Gasteiger partial charge in [-0.15, -0.1) is 0 Å². The van der Waals surface area contributed by atoms with Gasteiger partial charge >= 0.3 is 5.97 Å². The fourth-order valence-electron chi connectivity index (χ4n) is 1.65. The molecule has 104 valence electrons. The molecule has 2 aromatic carbocycles. The standard InChI is InChI=1S/C14H10BrClO3S/c15-12-4-2-1-3-9(12)8-20(19)10-5-6-13(16)11(7-10)14(17)18/h1-7H,8H2,(H,17,18). The summed E-state index contributed by atoms with van der Waals surface area (Å²) in [6, 6.07) is 11.9. The first-order valence-corrected chi connectivity index (χ1v) is 8.12. The average molecular weight is 374 g/mol. The molecule has 0 spiro atoms. The van der Waals surface area contributed by atoms with Crippen LogP contribution >= 0.6 is 27.5 Å². The maximum Gasteiger partial charge on any atom is 0.337 e. The molecule has 0 radical (unpaired) electrons. The summed E-state index contributed by atoms with van der Waals surface area (Å²) in [5.41, 5.74) is 0.863. The molecule has 0 fully saturated rings. The zero-order chi connectivity index (χ0) is 14.7. The van der Waals surface area contributed by atoms with E-state index in [0.29, 0.717) is 10.6 Å². The van der Waals surface area contributed by atoms with Crippen LogP contribution < -0.4 is 0 Å². The molecule has 2 aromatic rings. The minimum absolute atomic E-state index is 0.0374. The highest BCUT2D eigenvalue weighted by Gasteiger charge is 2.13. The van der Waals surface area contributed by atoms with Crippen molar-refractivity contribution in [3.63, 3.8) is 0 Å². The molecule has 0 aliphatic heterocycles. The zero-order valence-corrected chi connectivity index (χ0v) is 13.3. The molecular weight excluding hydrogens is 364 g/mol. The van der Waals surface area contributed by atoms with Gasteiger partial charge in [-0.3, -0.25) is 4.21 Å². The Kier molecular flexibility index (Phi) is 4.96. The van der Waals surface area contributed by atoms with Gasteiger partial charge in [0.25, 0.3) is 0 Å². The fraction of sp³-hybridized carbons (Fsp3) is 0.0714. The van der Waals surface area contributed by atoms with Crippen LogP contribution in [0.2, 0.25) is 5.02 Å². The van der Waals surface area contributed by atoms with Crippen LogP contribution in [0.25, 0.3) is 0 Å². The van der Waals surface area contributed by atoms with Gasteiger partial charge in [-0.2, -0.15) is 0 Å². The van der Waals surface area contributed by atoms with E-state index in [1.165, 1.54) is 12.1 Å². The first-order chi connectivity index (χ1) is 9.49. The predicted molar refractivity (Wildman–Crippen MR) is 82.7 cm³/mol. The molecule has 0 amide bonds. The van der Waals surface area contributed by atoms with Gasteiger partial charge in [-0.1, -0.05) is 45.7 Å². The smallest absolute Gasteiger partial charge is 0.337 e. The number of carboxylic acid groups (broad SMARTS) is 1. The van der Waals surface area contributed by atoms with Crippen molar-refractivity contribution in [2.75, 3.05) is 0 Å². The summed E-state index contributed by atoms with van der Waals surface area (Å²) in [4.78, 5) is 11.5. The Morgan fingerprint density at radius 3 is 2.60 bits per heavy atom. The highest BCUT2D eigenvalue weighted by molar-refractivity contribution is 9.10. The Hall–Kier alpha value is -1.17. The first kappa shape index (κ1) is 15.2. The van der Waals surface area contributed by atoms with Crippen molar-refractivity contribution in [1.29, 1.82) is 0 Å². The second-order valence-electron chi connectivity index (χ2n) is 4.03. The number of carbonyl (C=O) groups is 1. The van der Waals surface area contributed by atoms with Crippen molar-refractivity contribution in [1.82, 2.24) is 0 Å². The Balaban J connectivity index is 2.28. The van der Waals surface area contributed by atoms with Gasteiger partial charge in [0.2, 0.25) is 0 Å². The van der Waals surface area contributed by atoms with Crippen LogP contribution in [0, 0.1) is 0 Å². The van der Waals surface area contributed by atoms with Crippen LogP contribution in [0.4, 0.5) is 0 Å². The van der Waals surface area contributed by atoms with Gasteiger partial charge in [0.05, 0.1) is 27.1 Å². The molecule has 1 N–H and O–H groups in total. The van der Waals surface area contributed by atoms with E-state index >= 15 is 0 Å². The molecule has 1 unspecified atom stereocenters. The van der Waals surface area contributed by atoms with Crippen LogP contribution in [0.1, 0.15) is 15.9 Å². The number of carboxylic acids is 1. The normalized spacial score (nSPS) is 12.1. The molecule has 0 aromatic heterocycles. The molecule has 0 saturated heterocycles. The van der Waals surface area contributed by atoms with E-state index in [0.717, 1.165) is 10.0 Å². The number of aromatic carboxylic acids is 1. The van der Waals surface area contributed by atoms with Crippen LogP contribution in [-0.2, 0) is 16.6 Å². The summed E-state index contributed by atoms with van der Waals surface area (Å²) in [6.45, 7) is 0. The summed E-state index contributed by atoms with van der Waals surface area (Å²) < 4.78 is 13.2. The van der Waals surface area contributed by atoms with E-state index in [9.17, 15) is 9.00 Å². The number of benzene rings is 2. The summed E-state index contributed by atoms with van der Waals surface area (Å²) >= 11 is 9.19. The minimum Gasteiger partial charge on any atom is -0.478 e. The highest BCUT2D eigenvalue weighted by atomic mass is 79.9. The van der Waals surface area contributed by atoms with Gasteiger partial charge in [0, 0.05) is 9.37 Å². The summed E-state index contributed by atoms with van der Waals surface area (Å²) in [7, 11) is -1.33. The average Bonchev–Trinajstić information content (AvgIpc) is 2.41. The third-order valence-corrected chi connectivity index (χ3v) is 5.13. The van der Waals surface area contributed by atoms with Crippen molar-refractivity contribution in [2.45, 2.75) is 10.6 Å². The molecular formula is C14H10BrClO3S. The minimum atomic E-state index is -1.33. The quantitative estimate of drug-likeness (QED) is 0.877. The van der Waals surface area contributed by atoms with Crippen molar-refractivity contribution < 1.29 is 14.1 Å². The fourth-order valence-corrected chi connectivity index (χ4v) is 3.63. The van der Waals surface area contributed by atoms with Crippen LogP contribution in [-0.4, -0.2) is 15.3 Å². The molecule has 0 saturated carbocycles. The lowest BCUT2D eigenvalue weighted by atomic mass is 10.2. The van der Waals surface area contributed by atoms with Crippen molar-refractivity contribution in [2.24, 2.45) is 0 Å². The zero-order valence-electron chi connectivity index (χ0n) is 10.2. The van der Waals surface area contributed by atoms with Crippen LogP contribution in [0.3, 0.4) is 0 Å². The van der Waals surface area contributed by atoms with E-state index in [1.807, 2.05) is 24.3 Å². The number of rotatable bonds is 4. The number of hydrogen-bond donors (Lipinski definition) is 1. The van der Waals surface area contributed by atoms with Crippen molar-refractivity contribution in [3.05, 3.63) is 63.1 Å². The molecule has 1 atom stereocenters. The molecule has 20 heavy (non-hydrogen) atoms. The van der Waals surface area contributed by atoms with Gasteiger partial charge in [-0.25, -0.2) is 4.79 Å². The first-order valence-electron chi connectivity index (χ1n) is 5.63. The Morgan fingerprint density at radius 1 is 1.25 bits per heavy atom. The topological polar surface area (TPSA) is 54.4 Å². The lowest BCUT2D eigenvalue weighted by molar-refractivity contribution is 0.0697. The van der Waals surface area contributed by atoms with E-state index in [4.69, 9.17) is 16.7 Å². The second kappa shape index (κ2) is 6.52. The van der Waals surface area contributed by atoms with E-state index in [1.54, 1.807) is 6.07 Å². The van der Waals surface area contributed by atoms with Crippen molar-refractivity contribution >= 4 is 44.3 Å². The molecule has 3 nitrogen and oxygen atoms in total. The molecule has 6 heteroatoms. The summed E-state index contributed by atoms with van der Waals surface area (Å²) in [5, 5.41) is 9.15. The van der Waals surface area contributed by atoms with Gasteiger partial charge < -0.3 is 5.11 Å². The third kappa shape index (κ3) is 3.48. The summed E-state index contributed by atoms with van der Waals surface area (Å²) in [5.74, 6) is -0.822. The van der Waals surface area contributed by atoms with Gasteiger partial charge in [0.1, 0.15) is 0 Å². The largest absolute Gasteiger partial charge is 0.478 e. The maximum absolute atomic E-state index is 12.3. The lowest BCUT2D eigenvalue weighted by Crippen LogP contribution is -2.02. The van der Waals surface area contributed by atoms with Crippen LogP contribution in [0.15, 0.2) is 51.8 Å². The molecule has 0 aliphatic carbocycles. The van der Waals surface area contributed by atoms with E-state index < -0.39 is 16.8 Å². The third-order valence-electron chi connectivity index (χ3n) is 2.68. The number of hydrogen-bond acceptors (Lipinski definition) is 2. The summed E-state index contributed by atoms with van der Waals surface area (Å²) in [6.07, 6.45) is 0. The predicted octanol–water partition coefficient (Wildman–Crippen LogP) is 4.11. The number of halogens is 2. The highest BCUT2D eigenvalue weighted by Crippen LogP contribution is 2.23. The lowest BCUT2D eigenvalue weighted by Gasteiger charge is -2.06. The SMILES string of the molecule is O=C(O)c1cc(S(=O)Cc2ccccc2Br)ccc1Cl. The van der Waals surface area contributed by atoms with Crippen LogP contribution in [0.5, 0.6) is 0 Å². The van der Waals surface area contributed by atoms with Crippen molar-refractivity contribution in [3.8, 4) is 0 Å². The van der Waals surface area contributed by atoms with Gasteiger partial charge in [-0.05, 0) is 29.8 Å². The van der Waals surface area contributed by atoms with E-state index in [2.05, 4.69) is 15.9 Å². The van der Waals surface area contributed by atoms with E-state index in [-0.39, 0.29) is 10.6 Å². The maximum atomic E-state index is 12.3. The van der Waals surface area contributed by atoms with Gasteiger partial charge in [0.15, 0.2) is 0 Å². The second-order valence-corrected chi connectivity index (χ2v) is 6.74. The Labute approximate surface area is 132 Å². The molecule has 2 rings (SSSR count). The molecule has 0 bridgehead atoms.